The second-order valence-corrected chi connectivity index (χ2v) is 8.56. The molecule has 8 heteroatoms. The van der Waals surface area contributed by atoms with Crippen LogP contribution in [-0.4, -0.2) is 32.0 Å². The number of aromatic amines is 1. The number of nitrogens with zero attached hydrogens (tertiary/aromatic N) is 3. The van der Waals surface area contributed by atoms with Gasteiger partial charge >= 0.3 is 10.8 Å². The number of hydrogen-bond acceptors (Lipinski definition) is 6. The number of ether oxygens (including phenoxy) is 1. The van der Waals surface area contributed by atoms with Crippen LogP contribution in [-0.2, 0) is 17.7 Å². The molecule has 5 rings (SSSR count). The Morgan fingerprint density at radius 3 is 2.44 bits per heavy atom. The fourth-order valence-corrected chi connectivity index (χ4v) is 4.68. The van der Waals surface area contributed by atoms with Crippen LogP contribution in [0.3, 0.4) is 0 Å². The van der Waals surface area contributed by atoms with Gasteiger partial charge in [-0.3, -0.25) is 9.17 Å². The molecule has 0 amide bonds. The number of aromatic nitrogens is 4. The van der Waals surface area contributed by atoms with Crippen molar-refractivity contribution in [1.29, 1.82) is 0 Å². The molecule has 1 N–H and O–H groups in total. The first-order valence-corrected chi connectivity index (χ1v) is 11.7. The summed E-state index contributed by atoms with van der Waals surface area (Å²) in [4.78, 5) is 32.5. The Morgan fingerprint density at radius 2 is 1.76 bits per heavy atom. The first-order chi connectivity index (χ1) is 16.6. The molecular weight excluding hydrogens is 448 g/mol. The zero-order chi connectivity index (χ0) is 23.7. The van der Waals surface area contributed by atoms with Crippen LogP contribution in [0.4, 0.5) is 0 Å². The molecule has 0 spiro atoms. The minimum Gasteiger partial charge on any atom is -0.465 e. The second kappa shape index (κ2) is 9.07. The number of imidazole rings is 1. The maximum atomic E-state index is 12.4. The first kappa shape index (κ1) is 21.8. The Balaban J connectivity index is 1.52. The molecule has 3 aromatic carbocycles. The molecule has 0 aliphatic rings. The summed E-state index contributed by atoms with van der Waals surface area (Å²) in [6.07, 6.45) is 0.743. The van der Waals surface area contributed by atoms with E-state index in [1.165, 1.54) is 7.11 Å². The quantitative estimate of drug-likeness (QED) is 0.356. The van der Waals surface area contributed by atoms with Gasteiger partial charge in [-0.25, -0.2) is 9.78 Å². The van der Waals surface area contributed by atoms with Gasteiger partial charge < -0.3 is 9.30 Å². The SMILES string of the molecule is CCc1nc2cccc(C(=O)OC)c2n1Cc1ccc(-c2ccccc2-c2nc(=O)s[nH]2)cc1. The van der Waals surface area contributed by atoms with Crippen molar-refractivity contribution in [1.82, 2.24) is 18.9 Å². The number of H-pyrrole nitrogens is 1. The highest BCUT2D eigenvalue weighted by atomic mass is 32.1. The van der Waals surface area contributed by atoms with Crippen LogP contribution in [0.15, 0.2) is 71.5 Å². The molecule has 2 aromatic heterocycles. The minimum atomic E-state index is -0.374. The van der Waals surface area contributed by atoms with E-state index in [1.54, 1.807) is 6.07 Å². The van der Waals surface area contributed by atoms with E-state index in [9.17, 15) is 9.59 Å². The Bertz CT molecular complexity index is 1550. The first-order valence-electron chi connectivity index (χ1n) is 10.9. The van der Waals surface area contributed by atoms with Gasteiger partial charge in [0, 0.05) is 30.1 Å². The number of aryl methyl sites for hydroxylation is 1. The van der Waals surface area contributed by atoms with E-state index in [-0.39, 0.29) is 10.8 Å². The molecule has 34 heavy (non-hydrogen) atoms. The molecule has 0 fully saturated rings. The van der Waals surface area contributed by atoms with Gasteiger partial charge in [0.15, 0.2) is 5.82 Å². The molecule has 0 radical (unpaired) electrons. The summed E-state index contributed by atoms with van der Waals surface area (Å²) in [7, 11) is 1.39. The topological polar surface area (TPSA) is 89.9 Å². The normalized spacial score (nSPS) is 11.1. The van der Waals surface area contributed by atoms with Gasteiger partial charge in [-0.15, -0.1) is 0 Å². The number of esters is 1. The highest BCUT2D eigenvalue weighted by Crippen LogP contribution is 2.30. The summed E-state index contributed by atoms with van der Waals surface area (Å²) in [6.45, 7) is 2.63. The van der Waals surface area contributed by atoms with Crippen LogP contribution in [0.5, 0.6) is 0 Å². The van der Waals surface area contributed by atoms with Gasteiger partial charge in [0.25, 0.3) is 0 Å². The van der Waals surface area contributed by atoms with Crippen molar-refractivity contribution >= 4 is 28.5 Å². The van der Waals surface area contributed by atoms with E-state index in [2.05, 4.69) is 45.1 Å². The van der Waals surface area contributed by atoms with E-state index >= 15 is 0 Å². The molecule has 0 saturated carbocycles. The van der Waals surface area contributed by atoms with Crippen LogP contribution >= 0.6 is 11.5 Å². The zero-order valence-electron chi connectivity index (χ0n) is 18.7. The van der Waals surface area contributed by atoms with Gasteiger partial charge in [0.2, 0.25) is 0 Å². The second-order valence-electron chi connectivity index (χ2n) is 7.81. The average Bonchev–Trinajstić information content (AvgIpc) is 3.47. The molecule has 0 atom stereocenters. The summed E-state index contributed by atoms with van der Waals surface area (Å²) in [5, 5.41) is 0. The zero-order valence-corrected chi connectivity index (χ0v) is 19.6. The summed E-state index contributed by atoms with van der Waals surface area (Å²) >= 11 is 0.983. The maximum Gasteiger partial charge on any atom is 0.344 e. The average molecular weight is 471 g/mol. The Morgan fingerprint density at radius 1 is 1.00 bits per heavy atom. The number of para-hydroxylation sites is 1. The van der Waals surface area contributed by atoms with Crippen molar-refractivity contribution in [2.24, 2.45) is 0 Å². The fourth-order valence-electron chi connectivity index (χ4n) is 4.21. The third kappa shape index (κ3) is 3.92. The number of benzene rings is 3. The molecule has 0 saturated heterocycles. The molecule has 0 aliphatic carbocycles. The summed E-state index contributed by atoms with van der Waals surface area (Å²) in [5.41, 5.74) is 6.05. The summed E-state index contributed by atoms with van der Waals surface area (Å²) < 4.78 is 10.1. The monoisotopic (exact) mass is 470 g/mol. The number of nitrogens with one attached hydrogen (secondary N) is 1. The lowest BCUT2D eigenvalue weighted by Crippen LogP contribution is -2.09. The van der Waals surface area contributed by atoms with Crippen molar-refractivity contribution in [2.45, 2.75) is 19.9 Å². The standard InChI is InChI=1S/C26H22N4O3S/c1-3-22-27-21-10-6-9-20(25(31)33-2)23(21)30(22)15-16-11-13-17(14-12-16)18-7-4-5-8-19(18)24-28-26(32)34-29-24/h4-14H,3,15H2,1-2H3,(H,28,29,32). The van der Waals surface area contributed by atoms with Crippen molar-refractivity contribution in [3.8, 4) is 22.5 Å². The smallest absolute Gasteiger partial charge is 0.344 e. The van der Waals surface area contributed by atoms with Crippen LogP contribution < -0.4 is 4.87 Å². The minimum absolute atomic E-state index is 0.245. The summed E-state index contributed by atoms with van der Waals surface area (Å²) in [6, 6.07) is 21.6. The molecule has 170 valence electrons. The van der Waals surface area contributed by atoms with E-state index in [0.717, 1.165) is 57.1 Å². The highest BCUT2D eigenvalue weighted by molar-refractivity contribution is 7.03. The number of carbonyl (C=O) groups excluding carboxylic acids is 1. The van der Waals surface area contributed by atoms with Crippen LogP contribution in [0.1, 0.15) is 28.7 Å². The van der Waals surface area contributed by atoms with E-state index in [0.29, 0.717) is 17.9 Å². The molecule has 2 heterocycles. The molecule has 0 aliphatic heterocycles. The third-order valence-electron chi connectivity index (χ3n) is 5.79. The number of fused-ring (bicyclic) bond motifs is 1. The van der Waals surface area contributed by atoms with Crippen LogP contribution in [0.25, 0.3) is 33.5 Å². The summed E-state index contributed by atoms with van der Waals surface area (Å²) in [5.74, 6) is 1.11. The van der Waals surface area contributed by atoms with E-state index in [1.807, 2.05) is 36.4 Å². The Labute approximate surface area is 199 Å². The van der Waals surface area contributed by atoms with Crippen molar-refractivity contribution < 1.29 is 9.53 Å². The van der Waals surface area contributed by atoms with E-state index in [4.69, 9.17) is 9.72 Å². The van der Waals surface area contributed by atoms with Gasteiger partial charge in [-0.05, 0) is 28.8 Å². The van der Waals surface area contributed by atoms with Crippen molar-refractivity contribution in [3.05, 3.63) is 93.3 Å². The van der Waals surface area contributed by atoms with Gasteiger partial charge in [0.1, 0.15) is 5.82 Å². The molecule has 0 unspecified atom stereocenters. The lowest BCUT2D eigenvalue weighted by Gasteiger charge is -2.12. The Hall–Kier alpha value is -4.04. The Kier molecular flexibility index (Phi) is 5.81. The van der Waals surface area contributed by atoms with Gasteiger partial charge in [-0.1, -0.05) is 61.5 Å². The molecule has 5 aromatic rings. The molecular formula is C26H22N4O3S. The third-order valence-corrected chi connectivity index (χ3v) is 6.35. The van der Waals surface area contributed by atoms with E-state index < -0.39 is 0 Å². The van der Waals surface area contributed by atoms with Crippen LogP contribution in [0, 0.1) is 0 Å². The number of carbonyl (C=O) groups is 1. The van der Waals surface area contributed by atoms with Crippen LogP contribution in [0.2, 0.25) is 0 Å². The molecule has 0 bridgehead atoms. The van der Waals surface area contributed by atoms with Gasteiger partial charge in [0.05, 0.1) is 23.7 Å². The largest absolute Gasteiger partial charge is 0.465 e. The fraction of sp³-hybridized carbons (Fsp3) is 0.154. The molecule has 7 nitrogen and oxygen atoms in total. The lowest BCUT2D eigenvalue weighted by molar-refractivity contribution is 0.0602. The van der Waals surface area contributed by atoms with Crippen molar-refractivity contribution in [3.63, 3.8) is 0 Å². The lowest BCUT2D eigenvalue weighted by atomic mass is 9.98. The van der Waals surface area contributed by atoms with Crippen molar-refractivity contribution in [2.75, 3.05) is 7.11 Å². The van der Waals surface area contributed by atoms with Gasteiger partial charge in [-0.2, -0.15) is 4.98 Å². The highest BCUT2D eigenvalue weighted by Gasteiger charge is 2.18. The number of rotatable bonds is 6. The number of methoxy groups -OCH3 is 1. The number of hydrogen-bond donors (Lipinski definition) is 1. The predicted molar refractivity (Wildman–Crippen MR) is 133 cm³/mol. The maximum absolute atomic E-state index is 12.4. The predicted octanol–water partition coefficient (Wildman–Crippen LogP) is 4.91.